The fraction of sp³-hybridized carbons (Fsp3) is 0.389. The largest absolute Gasteiger partial charge is 0.378 e. The van der Waals surface area contributed by atoms with Crippen LogP contribution < -0.4 is 5.56 Å². The number of aromatic nitrogens is 4. The highest BCUT2D eigenvalue weighted by molar-refractivity contribution is 6.34. The van der Waals surface area contributed by atoms with E-state index in [9.17, 15) is 9.18 Å². The van der Waals surface area contributed by atoms with Crippen molar-refractivity contribution < 1.29 is 9.13 Å². The third-order valence-corrected chi connectivity index (χ3v) is 5.13. The fourth-order valence-electron chi connectivity index (χ4n) is 3.36. The van der Waals surface area contributed by atoms with E-state index in [0.717, 1.165) is 12.8 Å². The van der Waals surface area contributed by atoms with Crippen molar-refractivity contribution in [3.63, 3.8) is 0 Å². The number of halogens is 2. The minimum atomic E-state index is -0.338. The smallest absolute Gasteiger partial charge is 0.295 e. The molecule has 1 aromatic carbocycles. The van der Waals surface area contributed by atoms with Crippen LogP contribution in [-0.2, 0) is 11.3 Å². The summed E-state index contributed by atoms with van der Waals surface area (Å²) in [6.45, 7) is 2.73. The molecule has 26 heavy (non-hydrogen) atoms. The lowest BCUT2D eigenvalue weighted by Crippen LogP contribution is -2.33. The van der Waals surface area contributed by atoms with E-state index in [-0.39, 0.29) is 40.7 Å². The highest BCUT2D eigenvalue weighted by Crippen LogP contribution is 2.25. The Balaban J connectivity index is 1.74. The van der Waals surface area contributed by atoms with Crippen molar-refractivity contribution in [2.24, 2.45) is 0 Å². The summed E-state index contributed by atoms with van der Waals surface area (Å²) in [5.41, 5.74) is 0.421. The molecule has 136 valence electrons. The van der Waals surface area contributed by atoms with Crippen LogP contribution in [0.25, 0.3) is 10.9 Å². The fourth-order valence-corrected chi connectivity index (χ4v) is 3.59. The first kappa shape index (κ1) is 17.2. The first-order valence-electron chi connectivity index (χ1n) is 8.53. The van der Waals surface area contributed by atoms with E-state index in [4.69, 9.17) is 16.3 Å². The summed E-state index contributed by atoms with van der Waals surface area (Å²) in [6, 6.07) is 6.39. The maximum Gasteiger partial charge on any atom is 0.295 e. The molecule has 2 atom stereocenters. The lowest BCUT2D eigenvalue weighted by molar-refractivity contribution is 0.00260. The van der Waals surface area contributed by atoms with Crippen molar-refractivity contribution >= 4 is 22.5 Å². The molecular weight excluding hydrogens is 359 g/mol. The van der Waals surface area contributed by atoms with E-state index in [2.05, 4.69) is 10.2 Å². The zero-order chi connectivity index (χ0) is 18.3. The Labute approximate surface area is 154 Å². The Hall–Kier alpha value is -2.25. The van der Waals surface area contributed by atoms with Crippen molar-refractivity contribution in [3.8, 4) is 0 Å². The Morgan fingerprint density at radius 3 is 2.96 bits per heavy atom. The van der Waals surface area contributed by atoms with Crippen LogP contribution in [0.4, 0.5) is 4.39 Å². The van der Waals surface area contributed by atoms with E-state index < -0.39 is 0 Å². The van der Waals surface area contributed by atoms with Gasteiger partial charge in [-0.3, -0.25) is 4.79 Å². The van der Waals surface area contributed by atoms with Crippen LogP contribution in [0.15, 0.2) is 35.3 Å². The second-order valence-corrected chi connectivity index (χ2v) is 6.91. The summed E-state index contributed by atoms with van der Waals surface area (Å²) < 4.78 is 22.4. The molecule has 6 nitrogen and oxygen atoms in total. The molecule has 1 fully saturated rings. The van der Waals surface area contributed by atoms with Gasteiger partial charge in [-0.2, -0.15) is 10.2 Å². The van der Waals surface area contributed by atoms with Crippen molar-refractivity contribution in [2.45, 2.75) is 38.5 Å². The number of ether oxygens (including phenoxy) is 1. The number of fused-ring (bicyclic) bond motifs is 1. The molecule has 0 unspecified atom stereocenters. The Kier molecular flexibility index (Phi) is 4.50. The lowest BCUT2D eigenvalue weighted by Gasteiger charge is -2.27. The highest BCUT2D eigenvalue weighted by atomic mass is 35.5. The molecule has 1 aliphatic rings. The van der Waals surface area contributed by atoms with Gasteiger partial charge in [-0.25, -0.2) is 13.8 Å². The average molecular weight is 377 g/mol. The van der Waals surface area contributed by atoms with Gasteiger partial charge in [-0.05, 0) is 25.8 Å². The molecule has 0 saturated carbocycles. The lowest BCUT2D eigenvalue weighted by atomic mass is 10.0. The molecule has 0 aliphatic carbocycles. The molecule has 2 aromatic heterocycles. The van der Waals surface area contributed by atoms with Crippen molar-refractivity contribution in [2.75, 3.05) is 6.61 Å². The summed E-state index contributed by atoms with van der Waals surface area (Å²) in [5.74, 6) is -0.338. The molecule has 8 heteroatoms. The van der Waals surface area contributed by atoms with Gasteiger partial charge in [0.2, 0.25) is 0 Å². The predicted molar refractivity (Wildman–Crippen MR) is 96.0 cm³/mol. The van der Waals surface area contributed by atoms with Crippen molar-refractivity contribution in [3.05, 3.63) is 57.3 Å². The maximum absolute atomic E-state index is 13.9. The molecule has 0 bridgehead atoms. The van der Waals surface area contributed by atoms with Crippen LogP contribution in [0.1, 0.15) is 31.4 Å². The molecule has 0 amide bonds. The molecule has 4 rings (SSSR count). The highest BCUT2D eigenvalue weighted by Gasteiger charge is 2.24. The average Bonchev–Trinajstić information content (AvgIpc) is 2.94. The Morgan fingerprint density at radius 1 is 1.38 bits per heavy atom. The van der Waals surface area contributed by atoms with Gasteiger partial charge in [0.25, 0.3) is 5.56 Å². The molecule has 3 heterocycles. The number of benzene rings is 1. The summed E-state index contributed by atoms with van der Waals surface area (Å²) in [5, 5.41) is 9.39. The summed E-state index contributed by atoms with van der Waals surface area (Å²) >= 11 is 6.36. The van der Waals surface area contributed by atoms with Gasteiger partial charge in [0, 0.05) is 12.2 Å². The molecule has 0 N–H and O–H groups in total. The van der Waals surface area contributed by atoms with Crippen molar-refractivity contribution in [1.82, 2.24) is 19.6 Å². The minimum absolute atomic E-state index is 0.0221. The third-order valence-electron chi connectivity index (χ3n) is 4.73. The number of rotatable bonds is 3. The first-order chi connectivity index (χ1) is 12.5. The summed E-state index contributed by atoms with van der Waals surface area (Å²) in [6.07, 6.45) is 3.10. The molecule has 3 aromatic rings. The maximum atomic E-state index is 13.9. The third kappa shape index (κ3) is 3.01. The second kappa shape index (κ2) is 6.81. The molecule has 1 saturated heterocycles. The van der Waals surface area contributed by atoms with Gasteiger partial charge < -0.3 is 4.74 Å². The van der Waals surface area contributed by atoms with Crippen molar-refractivity contribution in [1.29, 1.82) is 0 Å². The minimum Gasteiger partial charge on any atom is -0.378 e. The topological polar surface area (TPSA) is 61.9 Å². The van der Waals surface area contributed by atoms with Gasteiger partial charge in [0.15, 0.2) is 5.52 Å². The van der Waals surface area contributed by atoms with E-state index in [0.29, 0.717) is 17.6 Å². The van der Waals surface area contributed by atoms with E-state index >= 15 is 0 Å². The molecule has 0 radical (unpaired) electrons. The van der Waals surface area contributed by atoms with Gasteiger partial charge >= 0.3 is 0 Å². The van der Waals surface area contributed by atoms with Gasteiger partial charge in [0.1, 0.15) is 11.0 Å². The first-order valence-corrected chi connectivity index (χ1v) is 8.91. The zero-order valence-electron chi connectivity index (χ0n) is 14.2. The molecule has 1 aliphatic heterocycles. The van der Waals surface area contributed by atoms with Gasteiger partial charge in [0.05, 0.1) is 30.3 Å². The standard InChI is InChI=1S/C18H18ClFN4O2/c1-11-8-13(6-7-26-11)24-18(25)16-14(9-21-24)17(19)23(22-16)10-12-4-2-3-5-15(12)20/h2-5,9,11,13H,6-8,10H2,1H3/t11-,13+/m1/s1. The van der Waals surface area contributed by atoms with E-state index in [1.54, 1.807) is 24.4 Å². The van der Waals surface area contributed by atoms with Crippen LogP contribution in [-0.4, -0.2) is 32.3 Å². The molecular formula is C18H18ClFN4O2. The normalized spacial score (nSPS) is 20.6. The second-order valence-electron chi connectivity index (χ2n) is 6.56. The summed E-state index contributed by atoms with van der Waals surface area (Å²) in [4.78, 5) is 12.9. The SMILES string of the molecule is C[C@@H]1C[C@@H](n2ncc3c(Cl)n(Cc4ccccc4F)nc3c2=O)CCO1. The van der Waals surface area contributed by atoms with Crippen LogP contribution >= 0.6 is 11.6 Å². The quantitative estimate of drug-likeness (QED) is 0.704. The van der Waals surface area contributed by atoms with Crippen LogP contribution in [0.3, 0.4) is 0 Å². The van der Waals surface area contributed by atoms with E-state index in [1.165, 1.54) is 15.4 Å². The van der Waals surface area contributed by atoms with Gasteiger partial charge in [-0.15, -0.1) is 0 Å². The van der Waals surface area contributed by atoms with Crippen LogP contribution in [0.2, 0.25) is 5.15 Å². The van der Waals surface area contributed by atoms with E-state index in [1.807, 2.05) is 6.92 Å². The predicted octanol–water partition coefficient (Wildman–Crippen LogP) is 3.17. The zero-order valence-corrected chi connectivity index (χ0v) is 15.0. The number of hydrogen-bond acceptors (Lipinski definition) is 4. The Morgan fingerprint density at radius 2 is 2.19 bits per heavy atom. The monoisotopic (exact) mass is 376 g/mol. The number of nitrogens with zero attached hydrogens (tertiary/aromatic N) is 4. The van der Waals surface area contributed by atoms with Crippen LogP contribution in [0.5, 0.6) is 0 Å². The number of hydrogen-bond donors (Lipinski definition) is 0. The summed E-state index contributed by atoms with van der Waals surface area (Å²) in [7, 11) is 0. The van der Waals surface area contributed by atoms with Gasteiger partial charge in [-0.1, -0.05) is 29.8 Å². The Bertz CT molecular complexity index is 1020. The molecule has 0 spiro atoms. The van der Waals surface area contributed by atoms with Crippen LogP contribution in [0, 0.1) is 5.82 Å².